The van der Waals surface area contributed by atoms with Crippen LogP contribution in [0.15, 0.2) is 0 Å². The van der Waals surface area contributed by atoms with Gasteiger partial charge in [-0.25, -0.2) is 0 Å². The third-order valence-corrected chi connectivity index (χ3v) is 11.1. The summed E-state index contributed by atoms with van der Waals surface area (Å²) in [7, 11) is 0. The van der Waals surface area contributed by atoms with Crippen LogP contribution in [0.25, 0.3) is 0 Å². The Balaban J connectivity index is 3.38. The topological polar surface area (TPSA) is 105 Å². The van der Waals surface area contributed by atoms with Crippen LogP contribution in [0.1, 0.15) is 277 Å². The summed E-state index contributed by atoms with van der Waals surface area (Å²) in [5.74, 6) is -1.25. The molecule has 0 amide bonds. The molecule has 0 aliphatic heterocycles. The van der Waals surface area contributed by atoms with Crippen LogP contribution in [0.3, 0.4) is 0 Å². The van der Waals surface area contributed by atoms with Gasteiger partial charge in [-0.15, -0.1) is 0 Å². The molecule has 0 radical (unpaired) electrons. The Kier molecular flexibility index (Phi) is 44.8. The van der Waals surface area contributed by atoms with Crippen molar-refractivity contribution in [2.24, 2.45) is 0 Å². The van der Waals surface area contributed by atoms with E-state index in [0.29, 0.717) is 25.7 Å². The highest BCUT2D eigenvalue weighted by atomic mass is 16.7. The highest BCUT2D eigenvalue weighted by molar-refractivity contribution is 5.71. The van der Waals surface area contributed by atoms with Gasteiger partial charge in [-0.2, -0.15) is 0 Å². The van der Waals surface area contributed by atoms with Crippen molar-refractivity contribution in [2.45, 2.75) is 277 Å². The molecule has 0 heterocycles. The Bertz CT molecular complexity index is 821. The molecular formula is C49H92O8. The molecule has 57 heavy (non-hydrogen) atoms. The molecule has 0 saturated carbocycles. The summed E-state index contributed by atoms with van der Waals surface area (Å²) >= 11 is 0. The highest BCUT2D eigenvalue weighted by Gasteiger charge is 2.08. The Morgan fingerprint density at radius 1 is 0.228 bits per heavy atom. The molecule has 0 bridgehead atoms. The fourth-order valence-electron chi connectivity index (χ4n) is 7.31. The number of hydrogen-bond donors (Lipinski definition) is 0. The fourth-order valence-corrected chi connectivity index (χ4v) is 7.31. The standard InChI is InChI=1S/C49H92O8/c1-3-5-7-9-11-13-15-17-19-21-23-25-28-32-36-40-46(50)54-44-56-48(52)42-38-34-30-27-31-35-39-43-49(53)57-45-55-47(51)41-37-33-29-26-24-22-20-18-16-14-12-10-8-6-4-2/h3-45H2,1-2H3. The smallest absolute Gasteiger partial charge is 0.308 e. The van der Waals surface area contributed by atoms with Crippen LogP contribution in [0, 0.1) is 0 Å². The zero-order valence-corrected chi connectivity index (χ0v) is 37.7. The van der Waals surface area contributed by atoms with Crippen molar-refractivity contribution in [1.29, 1.82) is 0 Å². The Morgan fingerprint density at radius 3 is 0.526 bits per heavy atom. The normalized spacial score (nSPS) is 11.1. The molecular weight excluding hydrogens is 717 g/mol. The van der Waals surface area contributed by atoms with E-state index < -0.39 is 0 Å². The SMILES string of the molecule is CCCCCCCCCCCCCCCCCC(=O)OCOC(=O)CCCCCCCCCC(=O)OCOC(=O)CCCCCCCCCCCCCCCCC. The van der Waals surface area contributed by atoms with Crippen molar-refractivity contribution < 1.29 is 38.1 Å². The summed E-state index contributed by atoms with van der Waals surface area (Å²) in [5, 5.41) is 0. The molecule has 0 spiro atoms. The number of unbranched alkanes of at least 4 members (excludes halogenated alkanes) is 34. The minimum atomic E-state index is -0.330. The van der Waals surface area contributed by atoms with E-state index in [1.165, 1.54) is 154 Å². The first kappa shape index (κ1) is 54.9. The van der Waals surface area contributed by atoms with Gasteiger partial charge in [0.05, 0.1) is 0 Å². The predicted octanol–water partition coefficient (Wildman–Crippen LogP) is 15.1. The first-order chi connectivity index (χ1) is 28.0. The van der Waals surface area contributed by atoms with Gasteiger partial charge in [-0.1, -0.05) is 226 Å². The summed E-state index contributed by atoms with van der Waals surface area (Å²) in [5.41, 5.74) is 0. The second kappa shape index (κ2) is 46.6. The van der Waals surface area contributed by atoms with Crippen LogP contribution in [-0.4, -0.2) is 37.5 Å². The second-order valence-electron chi connectivity index (χ2n) is 16.7. The van der Waals surface area contributed by atoms with E-state index in [9.17, 15) is 19.2 Å². The quantitative estimate of drug-likeness (QED) is 0.0340. The van der Waals surface area contributed by atoms with Crippen molar-refractivity contribution in [3.05, 3.63) is 0 Å². The molecule has 0 atom stereocenters. The van der Waals surface area contributed by atoms with Gasteiger partial charge in [-0.05, 0) is 25.7 Å². The Morgan fingerprint density at radius 2 is 0.368 bits per heavy atom. The van der Waals surface area contributed by atoms with Gasteiger partial charge in [-0.3, -0.25) is 19.2 Å². The van der Waals surface area contributed by atoms with Crippen LogP contribution >= 0.6 is 0 Å². The zero-order chi connectivity index (χ0) is 41.5. The van der Waals surface area contributed by atoms with Gasteiger partial charge in [0.15, 0.2) is 0 Å². The van der Waals surface area contributed by atoms with Crippen LogP contribution in [0.5, 0.6) is 0 Å². The summed E-state index contributed by atoms with van der Waals surface area (Å²) in [4.78, 5) is 47.8. The van der Waals surface area contributed by atoms with Gasteiger partial charge >= 0.3 is 23.9 Å². The number of rotatable bonds is 46. The molecule has 0 fully saturated rings. The van der Waals surface area contributed by atoms with Crippen molar-refractivity contribution in [3.63, 3.8) is 0 Å². The molecule has 0 N–H and O–H groups in total. The largest absolute Gasteiger partial charge is 0.428 e. The van der Waals surface area contributed by atoms with Gasteiger partial charge in [0.25, 0.3) is 0 Å². The van der Waals surface area contributed by atoms with Crippen molar-refractivity contribution >= 4 is 23.9 Å². The minimum absolute atomic E-state index is 0.291. The number of hydrogen-bond acceptors (Lipinski definition) is 8. The molecule has 336 valence electrons. The summed E-state index contributed by atoms with van der Waals surface area (Å²) < 4.78 is 20.3. The number of ether oxygens (including phenoxy) is 4. The number of esters is 4. The number of carbonyl (C=O) groups excluding carboxylic acids is 4. The summed E-state index contributed by atoms with van der Waals surface area (Å²) in [6, 6.07) is 0. The first-order valence-electron chi connectivity index (χ1n) is 24.6. The Labute approximate surface area is 351 Å². The molecule has 0 aromatic rings. The van der Waals surface area contributed by atoms with Gasteiger partial charge in [0.1, 0.15) is 0 Å². The van der Waals surface area contributed by atoms with E-state index in [4.69, 9.17) is 18.9 Å². The van der Waals surface area contributed by atoms with E-state index in [1.807, 2.05) is 0 Å². The van der Waals surface area contributed by atoms with E-state index in [-0.39, 0.29) is 37.5 Å². The molecule has 8 nitrogen and oxygen atoms in total. The van der Waals surface area contributed by atoms with Crippen molar-refractivity contribution in [3.8, 4) is 0 Å². The van der Waals surface area contributed by atoms with E-state index >= 15 is 0 Å². The lowest BCUT2D eigenvalue weighted by molar-refractivity contribution is -0.169. The van der Waals surface area contributed by atoms with Gasteiger partial charge < -0.3 is 18.9 Å². The third-order valence-electron chi connectivity index (χ3n) is 11.1. The third kappa shape index (κ3) is 46.4. The molecule has 0 unspecified atom stereocenters. The van der Waals surface area contributed by atoms with Gasteiger partial charge in [0, 0.05) is 25.7 Å². The second-order valence-corrected chi connectivity index (χ2v) is 16.7. The number of carbonyl (C=O) groups is 4. The molecule has 0 aliphatic rings. The molecule has 8 heteroatoms. The maximum atomic E-state index is 11.9. The monoisotopic (exact) mass is 809 g/mol. The predicted molar refractivity (Wildman–Crippen MR) is 235 cm³/mol. The zero-order valence-electron chi connectivity index (χ0n) is 37.7. The Hall–Kier alpha value is -2.12. The summed E-state index contributed by atoms with van der Waals surface area (Å²) in [6.45, 7) is 3.95. The molecule has 0 saturated heterocycles. The summed E-state index contributed by atoms with van der Waals surface area (Å²) in [6.07, 6.45) is 46.4. The van der Waals surface area contributed by atoms with E-state index in [2.05, 4.69) is 13.8 Å². The maximum Gasteiger partial charge on any atom is 0.308 e. The molecule has 0 rings (SSSR count). The lowest BCUT2D eigenvalue weighted by Gasteiger charge is -2.07. The van der Waals surface area contributed by atoms with E-state index in [0.717, 1.165) is 83.5 Å². The van der Waals surface area contributed by atoms with Crippen molar-refractivity contribution in [1.82, 2.24) is 0 Å². The lowest BCUT2D eigenvalue weighted by atomic mass is 10.0. The van der Waals surface area contributed by atoms with Crippen LogP contribution < -0.4 is 0 Å². The first-order valence-corrected chi connectivity index (χ1v) is 24.6. The lowest BCUT2D eigenvalue weighted by Crippen LogP contribution is -2.12. The molecule has 0 aromatic heterocycles. The molecule has 0 aromatic carbocycles. The highest BCUT2D eigenvalue weighted by Crippen LogP contribution is 2.16. The van der Waals surface area contributed by atoms with Crippen LogP contribution in [0.4, 0.5) is 0 Å². The van der Waals surface area contributed by atoms with Crippen LogP contribution in [0.2, 0.25) is 0 Å². The molecule has 0 aliphatic carbocycles. The average Bonchev–Trinajstić information content (AvgIpc) is 3.20. The fraction of sp³-hybridized carbons (Fsp3) is 0.918. The van der Waals surface area contributed by atoms with Crippen LogP contribution in [-0.2, 0) is 38.1 Å². The van der Waals surface area contributed by atoms with Crippen molar-refractivity contribution in [2.75, 3.05) is 13.6 Å². The maximum absolute atomic E-state index is 11.9. The average molecular weight is 809 g/mol. The minimum Gasteiger partial charge on any atom is -0.428 e. The van der Waals surface area contributed by atoms with Gasteiger partial charge in [0.2, 0.25) is 13.6 Å². The van der Waals surface area contributed by atoms with E-state index in [1.54, 1.807) is 0 Å².